The molecule has 0 spiro atoms. The van der Waals surface area contributed by atoms with Gasteiger partial charge in [0.25, 0.3) is 0 Å². The van der Waals surface area contributed by atoms with Gasteiger partial charge in [-0.05, 0) is 12.1 Å². The van der Waals surface area contributed by atoms with Gasteiger partial charge in [0.15, 0.2) is 5.65 Å². The van der Waals surface area contributed by atoms with Gasteiger partial charge in [0.1, 0.15) is 0 Å². The van der Waals surface area contributed by atoms with Crippen molar-refractivity contribution < 1.29 is 0 Å². The number of fused-ring (bicyclic) bond motifs is 1. The van der Waals surface area contributed by atoms with Crippen LogP contribution in [0.3, 0.4) is 0 Å². The topological polar surface area (TPSA) is 68.2 Å². The predicted molar refractivity (Wildman–Crippen MR) is 46.9 cm³/mol. The number of anilines is 2. The fraction of sp³-hybridized carbons (Fsp3) is 0.143. The van der Waals surface area contributed by atoms with Gasteiger partial charge in [0.2, 0.25) is 5.95 Å². The van der Waals surface area contributed by atoms with Gasteiger partial charge in [-0.15, -0.1) is 5.10 Å². The zero-order chi connectivity index (χ0) is 8.55. The van der Waals surface area contributed by atoms with E-state index in [1.807, 2.05) is 19.2 Å². The van der Waals surface area contributed by atoms with Crippen molar-refractivity contribution in [2.45, 2.75) is 0 Å². The van der Waals surface area contributed by atoms with Gasteiger partial charge in [-0.1, -0.05) is 0 Å². The first-order valence-electron chi connectivity index (χ1n) is 3.60. The average molecular weight is 163 g/mol. The quantitative estimate of drug-likeness (QED) is 0.636. The van der Waals surface area contributed by atoms with Crippen molar-refractivity contribution in [2.24, 2.45) is 0 Å². The Hall–Kier alpha value is -1.78. The minimum Gasteiger partial charge on any atom is -0.385 e. The van der Waals surface area contributed by atoms with E-state index in [-0.39, 0.29) is 5.95 Å². The van der Waals surface area contributed by atoms with Crippen molar-refractivity contribution in [3.8, 4) is 0 Å². The Kier molecular flexibility index (Phi) is 1.36. The number of aromatic nitrogens is 3. The van der Waals surface area contributed by atoms with Crippen LogP contribution in [0, 0.1) is 0 Å². The second-order valence-electron chi connectivity index (χ2n) is 2.41. The lowest BCUT2D eigenvalue weighted by Crippen LogP contribution is -1.93. The molecule has 5 heteroatoms. The van der Waals surface area contributed by atoms with E-state index in [4.69, 9.17) is 5.73 Å². The Labute approximate surface area is 69.2 Å². The number of rotatable bonds is 1. The van der Waals surface area contributed by atoms with Crippen molar-refractivity contribution in [2.75, 3.05) is 18.1 Å². The van der Waals surface area contributed by atoms with E-state index in [9.17, 15) is 0 Å². The normalized spacial score (nSPS) is 10.4. The predicted octanol–water partition coefficient (Wildman–Crippen LogP) is 0.353. The molecule has 0 radical (unpaired) electrons. The monoisotopic (exact) mass is 163 g/mol. The Bertz CT molecular complexity index is 405. The summed E-state index contributed by atoms with van der Waals surface area (Å²) in [6, 6.07) is 3.80. The first-order valence-corrected chi connectivity index (χ1v) is 3.60. The number of pyridine rings is 1. The fourth-order valence-corrected chi connectivity index (χ4v) is 1.12. The highest BCUT2D eigenvalue weighted by molar-refractivity contribution is 5.67. The number of nitrogens with two attached hydrogens (primary N) is 1. The van der Waals surface area contributed by atoms with Crippen molar-refractivity contribution >= 4 is 17.3 Å². The summed E-state index contributed by atoms with van der Waals surface area (Å²) in [5, 5.41) is 6.97. The van der Waals surface area contributed by atoms with Crippen LogP contribution in [0.25, 0.3) is 5.65 Å². The average Bonchev–Trinajstić information content (AvgIpc) is 2.44. The fourth-order valence-electron chi connectivity index (χ4n) is 1.12. The van der Waals surface area contributed by atoms with Gasteiger partial charge >= 0.3 is 0 Å². The number of nitrogens with one attached hydrogen (secondary N) is 1. The third-order valence-electron chi connectivity index (χ3n) is 1.65. The Morgan fingerprint density at radius 2 is 2.42 bits per heavy atom. The smallest absolute Gasteiger partial charge is 0.240 e. The highest BCUT2D eigenvalue weighted by Crippen LogP contribution is 2.13. The molecular weight excluding hydrogens is 154 g/mol. The van der Waals surface area contributed by atoms with Crippen molar-refractivity contribution in [3.63, 3.8) is 0 Å². The molecule has 0 fully saturated rings. The van der Waals surface area contributed by atoms with Crippen LogP contribution < -0.4 is 11.1 Å². The second-order valence-corrected chi connectivity index (χ2v) is 2.41. The molecule has 0 aliphatic rings. The summed E-state index contributed by atoms with van der Waals surface area (Å²) in [7, 11) is 1.83. The van der Waals surface area contributed by atoms with Crippen LogP contribution in [0.5, 0.6) is 0 Å². The van der Waals surface area contributed by atoms with E-state index in [1.54, 1.807) is 10.7 Å². The lowest BCUT2D eigenvalue weighted by molar-refractivity contribution is 0.968. The second kappa shape index (κ2) is 2.37. The van der Waals surface area contributed by atoms with Crippen LogP contribution in [0.2, 0.25) is 0 Å². The van der Waals surface area contributed by atoms with Gasteiger partial charge in [-0.2, -0.15) is 4.98 Å². The maximum Gasteiger partial charge on any atom is 0.240 e. The maximum absolute atomic E-state index is 5.44. The van der Waals surface area contributed by atoms with Crippen LogP contribution in [0.4, 0.5) is 11.6 Å². The molecule has 0 saturated carbocycles. The van der Waals surface area contributed by atoms with E-state index in [1.165, 1.54) is 0 Å². The minimum atomic E-state index is 0.290. The lowest BCUT2D eigenvalue weighted by atomic mass is 10.4. The SMILES string of the molecule is CNc1cccn2nc(N)nc12. The summed E-state index contributed by atoms with van der Waals surface area (Å²) < 4.78 is 1.64. The van der Waals surface area contributed by atoms with Gasteiger partial charge in [-0.25, -0.2) is 4.52 Å². The summed E-state index contributed by atoms with van der Waals surface area (Å²) in [5.41, 5.74) is 7.11. The lowest BCUT2D eigenvalue weighted by Gasteiger charge is -1.98. The van der Waals surface area contributed by atoms with E-state index in [0.717, 1.165) is 11.3 Å². The highest BCUT2D eigenvalue weighted by atomic mass is 15.3. The Morgan fingerprint density at radius 3 is 3.17 bits per heavy atom. The van der Waals surface area contributed by atoms with Crippen LogP contribution in [0.1, 0.15) is 0 Å². The molecule has 62 valence electrons. The molecule has 0 unspecified atom stereocenters. The molecule has 0 amide bonds. The van der Waals surface area contributed by atoms with Crippen LogP contribution in [-0.2, 0) is 0 Å². The summed E-state index contributed by atoms with van der Waals surface area (Å²) in [6.45, 7) is 0. The summed E-state index contributed by atoms with van der Waals surface area (Å²) >= 11 is 0. The van der Waals surface area contributed by atoms with Crippen molar-refractivity contribution in [1.29, 1.82) is 0 Å². The summed E-state index contributed by atoms with van der Waals surface area (Å²) in [4.78, 5) is 4.05. The molecule has 2 aromatic heterocycles. The van der Waals surface area contributed by atoms with Gasteiger partial charge in [-0.3, -0.25) is 0 Å². The standard InChI is InChI=1S/C7H9N5/c1-9-5-3-2-4-12-6(5)10-7(8)11-12/h2-4,9H,1H3,(H2,8,11). The number of hydrogen-bond acceptors (Lipinski definition) is 4. The van der Waals surface area contributed by atoms with Crippen molar-refractivity contribution in [3.05, 3.63) is 18.3 Å². The maximum atomic E-state index is 5.44. The molecule has 0 saturated heterocycles. The van der Waals surface area contributed by atoms with E-state index < -0.39 is 0 Å². The van der Waals surface area contributed by atoms with E-state index in [0.29, 0.717) is 0 Å². The zero-order valence-corrected chi connectivity index (χ0v) is 6.65. The van der Waals surface area contributed by atoms with Crippen LogP contribution >= 0.6 is 0 Å². The number of nitrogens with zero attached hydrogens (tertiary/aromatic N) is 3. The zero-order valence-electron chi connectivity index (χ0n) is 6.65. The molecule has 0 aromatic carbocycles. The third kappa shape index (κ3) is 0.868. The minimum absolute atomic E-state index is 0.290. The van der Waals surface area contributed by atoms with E-state index >= 15 is 0 Å². The van der Waals surface area contributed by atoms with Crippen molar-refractivity contribution in [1.82, 2.24) is 14.6 Å². The van der Waals surface area contributed by atoms with E-state index in [2.05, 4.69) is 15.4 Å². The molecule has 0 atom stereocenters. The van der Waals surface area contributed by atoms with Crippen LogP contribution in [-0.4, -0.2) is 21.6 Å². The van der Waals surface area contributed by atoms with Gasteiger partial charge < -0.3 is 11.1 Å². The summed E-state index contributed by atoms with van der Waals surface area (Å²) in [5.74, 6) is 0.290. The molecule has 2 rings (SSSR count). The first kappa shape index (κ1) is 6.90. The Balaban J connectivity index is 2.78. The summed E-state index contributed by atoms with van der Waals surface area (Å²) in [6.07, 6.45) is 1.81. The first-order chi connectivity index (χ1) is 5.81. The molecule has 0 aliphatic carbocycles. The van der Waals surface area contributed by atoms with Crippen LogP contribution in [0.15, 0.2) is 18.3 Å². The Morgan fingerprint density at radius 1 is 1.58 bits per heavy atom. The number of nitrogen functional groups attached to an aromatic ring is 1. The molecule has 5 nitrogen and oxygen atoms in total. The highest BCUT2D eigenvalue weighted by Gasteiger charge is 2.02. The molecule has 12 heavy (non-hydrogen) atoms. The van der Waals surface area contributed by atoms with Gasteiger partial charge in [0.05, 0.1) is 5.69 Å². The molecule has 0 aliphatic heterocycles. The molecule has 3 N–H and O–H groups in total. The van der Waals surface area contributed by atoms with Gasteiger partial charge in [0, 0.05) is 13.2 Å². The molecule has 2 heterocycles. The number of hydrogen-bond donors (Lipinski definition) is 2. The third-order valence-corrected chi connectivity index (χ3v) is 1.65. The molecular formula is C7H9N5. The largest absolute Gasteiger partial charge is 0.385 e. The molecule has 2 aromatic rings. The molecule has 0 bridgehead atoms.